The van der Waals surface area contributed by atoms with Gasteiger partial charge in [0, 0.05) is 25.8 Å². The number of carbonyl (C=O) groups excluding carboxylic acids is 2. The summed E-state index contributed by atoms with van der Waals surface area (Å²) in [5.41, 5.74) is 1.12. The van der Waals surface area contributed by atoms with E-state index in [9.17, 15) is 14.4 Å². The molecular formula is C16H22N2O4S. The van der Waals surface area contributed by atoms with Gasteiger partial charge in [-0.3, -0.25) is 14.4 Å². The molecule has 0 aromatic heterocycles. The Hall–Kier alpha value is -2.02. The van der Waals surface area contributed by atoms with Gasteiger partial charge in [-0.05, 0) is 12.0 Å². The van der Waals surface area contributed by atoms with Crippen LogP contribution >= 0.6 is 11.8 Å². The summed E-state index contributed by atoms with van der Waals surface area (Å²) in [6.45, 7) is 2.34. The van der Waals surface area contributed by atoms with Gasteiger partial charge in [-0.25, -0.2) is 0 Å². The van der Waals surface area contributed by atoms with E-state index >= 15 is 0 Å². The summed E-state index contributed by atoms with van der Waals surface area (Å²) in [6.07, 6.45) is 0.697. The average Bonchev–Trinajstić information content (AvgIpc) is 2.51. The highest BCUT2D eigenvalue weighted by Gasteiger charge is 2.13. The zero-order chi connectivity index (χ0) is 17.1. The van der Waals surface area contributed by atoms with Crippen LogP contribution in [0.1, 0.15) is 12.5 Å². The van der Waals surface area contributed by atoms with Gasteiger partial charge < -0.3 is 15.3 Å². The summed E-state index contributed by atoms with van der Waals surface area (Å²) in [7, 11) is 0. The summed E-state index contributed by atoms with van der Waals surface area (Å²) >= 11 is 1.24. The Morgan fingerprint density at radius 3 is 2.52 bits per heavy atom. The highest BCUT2D eigenvalue weighted by atomic mass is 32.2. The Labute approximate surface area is 140 Å². The molecule has 0 saturated carbocycles. The Bertz CT molecular complexity index is 522. The van der Waals surface area contributed by atoms with Crippen molar-refractivity contribution >= 4 is 29.5 Å². The summed E-state index contributed by atoms with van der Waals surface area (Å²) in [5.74, 6) is -0.695. The molecule has 1 aromatic carbocycles. The summed E-state index contributed by atoms with van der Waals surface area (Å²) in [5, 5.41) is 11.2. The fraction of sp³-hybridized carbons (Fsp3) is 0.438. The van der Waals surface area contributed by atoms with Crippen molar-refractivity contribution in [3.05, 3.63) is 35.9 Å². The van der Waals surface area contributed by atoms with Crippen molar-refractivity contribution in [1.82, 2.24) is 10.2 Å². The summed E-state index contributed by atoms with van der Waals surface area (Å²) in [6, 6.07) is 9.78. The van der Waals surface area contributed by atoms with E-state index < -0.39 is 5.97 Å². The van der Waals surface area contributed by atoms with Gasteiger partial charge in [0.15, 0.2) is 0 Å². The van der Waals surface area contributed by atoms with Gasteiger partial charge in [0.1, 0.15) is 0 Å². The Kier molecular flexibility index (Phi) is 8.82. The summed E-state index contributed by atoms with van der Waals surface area (Å²) < 4.78 is 0. The smallest absolute Gasteiger partial charge is 0.313 e. The molecule has 2 N–H and O–H groups in total. The molecule has 6 nitrogen and oxygen atoms in total. The molecule has 0 fully saturated rings. The fourth-order valence-electron chi connectivity index (χ4n) is 1.91. The molecule has 0 radical (unpaired) electrons. The number of amides is 2. The van der Waals surface area contributed by atoms with Crippen molar-refractivity contribution in [1.29, 1.82) is 0 Å². The molecule has 0 atom stereocenters. The quantitative estimate of drug-likeness (QED) is 0.622. The van der Waals surface area contributed by atoms with Crippen LogP contribution in [-0.2, 0) is 20.8 Å². The molecule has 7 heteroatoms. The maximum atomic E-state index is 11.8. The van der Waals surface area contributed by atoms with Gasteiger partial charge in [0.05, 0.1) is 12.3 Å². The van der Waals surface area contributed by atoms with E-state index in [1.165, 1.54) is 23.6 Å². The van der Waals surface area contributed by atoms with Crippen molar-refractivity contribution < 1.29 is 19.5 Å². The second-order valence-corrected chi connectivity index (χ2v) is 6.08. The van der Waals surface area contributed by atoms with E-state index in [2.05, 4.69) is 5.32 Å². The zero-order valence-corrected chi connectivity index (χ0v) is 14.0. The van der Waals surface area contributed by atoms with Gasteiger partial charge in [0.25, 0.3) is 0 Å². The number of carbonyl (C=O) groups is 3. The molecule has 0 aliphatic rings. The topological polar surface area (TPSA) is 86.7 Å². The molecule has 23 heavy (non-hydrogen) atoms. The van der Waals surface area contributed by atoms with Crippen molar-refractivity contribution in [2.45, 2.75) is 13.3 Å². The monoisotopic (exact) mass is 338 g/mol. The van der Waals surface area contributed by atoms with Gasteiger partial charge in [-0.15, -0.1) is 11.8 Å². The maximum Gasteiger partial charge on any atom is 0.313 e. The van der Waals surface area contributed by atoms with E-state index in [0.29, 0.717) is 25.3 Å². The standard InChI is InChI=1S/C16H22N2O4S/c1-13(19)18(9-7-14-5-3-2-4-6-14)11-15(20)17-8-10-23-12-16(21)22/h2-6H,7-12H2,1H3,(H,17,20)(H,21,22). The van der Waals surface area contributed by atoms with E-state index in [0.717, 1.165) is 5.56 Å². The van der Waals surface area contributed by atoms with Crippen LogP contribution in [0.2, 0.25) is 0 Å². The van der Waals surface area contributed by atoms with Gasteiger partial charge in [-0.1, -0.05) is 30.3 Å². The molecule has 2 amide bonds. The van der Waals surface area contributed by atoms with E-state index in [1.54, 1.807) is 0 Å². The zero-order valence-electron chi connectivity index (χ0n) is 13.2. The third-order valence-electron chi connectivity index (χ3n) is 3.09. The van der Waals surface area contributed by atoms with Gasteiger partial charge in [0.2, 0.25) is 11.8 Å². The minimum absolute atomic E-state index is 0.0196. The number of hydrogen-bond donors (Lipinski definition) is 2. The molecule has 0 saturated heterocycles. The lowest BCUT2D eigenvalue weighted by Gasteiger charge is -2.20. The first kappa shape index (κ1) is 19.0. The SMILES string of the molecule is CC(=O)N(CCc1ccccc1)CC(=O)NCCSCC(=O)O. The largest absolute Gasteiger partial charge is 0.481 e. The van der Waals surface area contributed by atoms with Crippen LogP contribution in [0.15, 0.2) is 30.3 Å². The first-order valence-electron chi connectivity index (χ1n) is 7.34. The van der Waals surface area contributed by atoms with Crippen LogP contribution in [-0.4, -0.2) is 58.9 Å². The minimum Gasteiger partial charge on any atom is -0.481 e. The van der Waals surface area contributed by atoms with Gasteiger partial charge >= 0.3 is 5.97 Å². The Morgan fingerprint density at radius 2 is 1.91 bits per heavy atom. The first-order chi connectivity index (χ1) is 11.0. The number of carboxylic acid groups (broad SMARTS) is 1. The number of rotatable bonds is 10. The van der Waals surface area contributed by atoms with E-state index in [4.69, 9.17) is 5.11 Å². The van der Waals surface area contributed by atoms with Crippen molar-refractivity contribution in [2.75, 3.05) is 31.1 Å². The van der Waals surface area contributed by atoms with Crippen molar-refractivity contribution in [2.24, 2.45) is 0 Å². The molecule has 0 aliphatic carbocycles. The minimum atomic E-state index is -0.870. The lowest BCUT2D eigenvalue weighted by atomic mass is 10.1. The van der Waals surface area contributed by atoms with E-state index in [1.807, 2.05) is 30.3 Å². The molecule has 0 bridgehead atoms. The predicted molar refractivity (Wildman–Crippen MR) is 90.4 cm³/mol. The van der Waals surface area contributed by atoms with Crippen LogP contribution in [0.4, 0.5) is 0 Å². The molecular weight excluding hydrogens is 316 g/mol. The number of nitrogens with zero attached hydrogens (tertiary/aromatic N) is 1. The number of aliphatic carboxylic acids is 1. The van der Waals surface area contributed by atoms with Crippen LogP contribution in [0, 0.1) is 0 Å². The number of thioether (sulfide) groups is 1. The Balaban J connectivity index is 2.30. The third kappa shape index (κ3) is 8.87. The van der Waals surface area contributed by atoms with E-state index in [-0.39, 0.29) is 24.1 Å². The second-order valence-electron chi connectivity index (χ2n) is 4.97. The molecule has 126 valence electrons. The van der Waals surface area contributed by atoms with Crippen LogP contribution in [0.5, 0.6) is 0 Å². The van der Waals surface area contributed by atoms with Crippen molar-refractivity contribution in [3.63, 3.8) is 0 Å². The second kappa shape index (κ2) is 10.7. The third-order valence-corrected chi connectivity index (χ3v) is 4.03. The molecule has 0 aliphatic heterocycles. The molecule has 0 spiro atoms. The fourth-order valence-corrected chi connectivity index (χ4v) is 2.47. The highest BCUT2D eigenvalue weighted by molar-refractivity contribution is 7.99. The summed E-state index contributed by atoms with van der Waals surface area (Å²) in [4.78, 5) is 35.3. The lowest BCUT2D eigenvalue weighted by molar-refractivity contribution is -0.134. The molecule has 1 aromatic rings. The molecule has 0 unspecified atom stereocenters. The predicted octanol–water partition coefficient (Wildman–Crippen LogP) is 1.01. The molecule has 1 rings (SSSR count). The van der Waals surface area contributed by atoms with Gasteiger partial charge in [-0.2, -0.15) is 0 Å². The molecule has 0 heterocycles. The maximum absolute atomic E-state index is 11.8. The lowest BCUT2D eigenvalue weighted by Crippen LogP contribution is -2.41. The van der Waals surface area contributed by atoms with Crippen LogP contribution in [0.3, 0.4) is 0 Å². The number of hydrogen-bond acceptors (Lipinski definition) is 4. The Morgan fingerprint density at radius 1 is 1.22 bits per heavy atom. The van der Waals surface area contributed by atoms with Crippen LogP contribution in [0.25, 0.3) is 0 Å². The first-order valence-corrected chi connectivity index (χ1v) is 8.50. The number of nitrogens with one attached hydrogen (secondary N) is 1. The normalized spacial score (nSPS) is 10.1. The number of benzene rings is 1. The highest BCUT2D eigenvalue weighted by Crippen LogP contribution is 2.02. The number of carboxylic acids is 1. The average molecular weight is 338 g/mol. The van der Waals surface area contributed by atoms with Crippen molar-refractivity contribution in [3.8, 4) is 0 Å². The van der Waals surface area contributed by atoms with Crippen LogP contribution < -0.4 is 5.32 Å².